The number of nitrogens with two attached hydrogens (primary N) is 1. The first-order valence-corrected chi connectivity index (χ1v) is 7.82. The molecule has 7 nitrogen and oxygen atoms in total. The highest BCUT2D eigenvalue weighted by molar-refractivity contribution is 7.14. The zero-order valence-electron chi connectivity index (χ0n) is 12.5. The Bertz CT molecular complexity index is 931. The second-order valence-corrected chi connectivity index (χ2v) is 6.13. The topological polar surface area (TPSA) is 123 Å². The van der Waals surface area contributed by atoms with Crippen molar-refractivity contribution in [2.45, 2.75) is 12.2 Å². The highest BCUT2D eigenvalue weighted by Crippen LogP contribution is 2.41. The lowest BCUT2D eigenvalue weighted by molar-refractivity contribution is -0.112. The molecule has 2 heterocycles. The smallest absolute Gasteiger partial charge is 0.277 e. The number of aldehydes is 1. The molecule has 1 aliphatic heterocycles. The monoisotopic (exact) mass is 362 g/mol. The van der Waals surface area contributed by atoms with Gasteiger partial charge in [-0.25, -0.2) is 9.37 Å². The molecule has 1 amide bonds. The number of carbonyl (C=O) groups is 2. The Balaban J connectivity index is 2.18. The van der Waals surface area contributed by atoms with E-state index in [1.165, 1.54) is 6.07 Å². The van der Waals surface area contributed by atoms with E-state index in [4.69, 9.17) is 15.6 Å². The van der Waals surface area contributed by atoms with Crippen molar-refractivity contribution < 1.29 is 28.9 Å². The Morgan fingerprint density at radius 1 is 1.56 bits per heavy atom. The largest absolute Gasteiger partial charge is 0.490 e. The summed E-state index contributed by atoms with van der Waals surface area (Å²) in [7, 11) is 0. The quantitative estimate of drug-likeness (QED) is 0.524. The van der Waals surface area contributed by atoms with Crippen LogP contribution in [0.15, 0.2) is 12.1 Å². The number of hydrogen-bond donors (Lipinski definition) is 3. The first-order chi connectivity index (χ1) is 11.9. The summed E-state index contributed by atoms with van der Waals surface area (Å²) in [5, 5.41) is 19.3. The Labute approximate surface area is 144 Å². The predicted molar refractivity (Wildman–Crippen MR) is 85.4 cm³/mol. The van der Waals surface area contributed by atoms with Gasteiger partial charge in [-0.2, -0.15) is 0 Å². The number of ether oxygens (including phenoxy) is 1. The van der Waals surface area contributed by atoms with Crippen molar-refractivity contribution in [2.24, 2.45) is 5.73 Å². The lowest BCUT2D eigenvalue weighted by Crippen LogP contribution is -2.10. The molecule has 3 rings (SSSR count). The molecule has 0 saturated heterocycles. The maximum absolute atomic E-state index is 14.2. The van der Waals surface area contributed by atoms with Gasteiger partial charge in [-0.05, 0) is 6.07 Å². The Morgan fingerprint density at radius 3 is 3.00 bits per heavy atom. The van der Waals surface area contributed by atoms with Crippen molar-refractivity contribution in [3.05, 3.63) is 33.4 Å². The van der Waals surface area contributed by atoms with Crippen LogP contribution >= 0.6 is 11.3 Å². The second-order valence-electron chi connectivity index (χ2n) is 5.10. The summed E-state index contributed by atoms with van der Waals surface area (Å²) < 4.78 is 19.6. The van der Waals surface area contributed by atoms with Crippen LogP contribution in [-0.2, 0) is 4.79 Å². The van der Waals surface area contributed by atoms with Crippen molar-refractivity contribution in [2.75, 3.05) is 6.61 Å². The van der Waals surface area contributed by atoms with E-state index in [1.807, 2.05) is 0 Å². The summed E-state index contributed by atoms with van der Waals surface area (Å²) in [6.07, 6.45) is -2.37. The number of aliphatic hydroxyl groups is 2. The van der Waals surface area contributed by atoms with Gasteiger partial charge in [0.15, 0.2) is 17.4 Å². The molecule has 1 aromatic carbocycles. The van der Waals surface area contributed by atoms with Gasteiger partial charge in [0.05, 0.1) is 16.1 Å². The van der Waals surface area contributed by atoms with Gasteiger partial charge in [-0.1, -0.05) is 11.8 Å². The Hall–Kier alpha value is -2.80. The van der Waals surface area contributed by atoms with E-state index in [0.29, 0.717) is 10.4 Å². The molecule has 0 aliphatic carbocycles. The normalized spacial score (nSPS) is 16.4. The second kappa shape index (κ2) is 6.60. The van der Waals surface area contributed by atoms with Crippen molar-refractivity contribution in [3.8, 4) is 28.8 Å². The van der Waals surface area contributed by atoms with E-state index in [-0.39, 0.29) is 34.9 Å². The lowest BCUT2D eigenvalue weighted by Gasteiger charge is -2.09. The van der Waals surface area contributed by atoms with E-state index in [9.17, 15) is 19.1 Å². The Kier molecular flexibility index (Phi) is 4.50. The fourth-order valence-corrected chi connectivity index (χ4v) is 3.14. The maximum Gasteiger partial charge on any atom is 0.277 e. The van der Waals surface area contributed by atoms with Crippen molar-refractivity contribution in [3.63, 3.8) is 0 Å². The molecular weight excluding hydrogens is 351 g/mol. The molecule has 9 heteroatoms. The van der Waals surface area contributed by atoms with Crippen LogP contribution in [0.2, 0.25) is 0 Å². The first kappa shape index (κ1) is 17.0. The van der Waals surface area contributed by atoms with Gasteiger partial charge in [0.2, 0.25) is 0 Å². The number of aromatic nitrogens is 1. The van der Waals surface area contributed by atoms with Crippen molar-refractivity contribution >= 4 is 23.5 Å². The van der Waals surface area contributed by atoms with Gasteiger partial charge < -0.3 is 20.7 Å². The number of nitrogens with zero attached hydrogens (tertiary/aromatic N) is 1. The third-order valence-corrected chi connectivity index (χ3v) is 4.54. The molecule has 0 saturated carbocycles. The van der Waals surface area contributed by atoms with E-state index in [2.05, 4.69) is 16.8 Å². The van der Waals surface area contributed by atoms with Crippen LogP contribution in [0.1, 0.15) is 26.3 Å². The molecule has 2 aromatic rings. The van der Waals surface area contributed by atoms with E-state index < -0.39 is 23.9 Å². The average Bonchev–Trinajstić information content (AvgIpc) is 2.99. The van der Waals surface area contributed by atoms with E-state index in [1.54, 1.807) is 0 Å². The van der Waals surface area contributed by atoms with E-state index in [0.717, 1.165) is 17.4 Å². The number of amides is 1. The van der Waals surface area contributed by atoms with Crippen LogP contribution in [0.3, 0.4) is 0 Å². The predicted octanol–water partition coefficient (Wildman–Crippen LogP) is 0.385. The summed E-state index contributed by atoms with van der Waals surface area (Å²) in [5.41, 5.74) is 5.70. The number of hydrogen-bond acceptors (Lipinski definition) is 7. The number of fused-ring (bicyclic) bond motifs is 3. The molecule has 2 unspecified atom stereocenters. The SMILES string of the molecule is NC(=O)c1nc2c(s1)C(O)COc1cc(F)c(C#CC(O)C=O)cc1-2. The summed E-state index contributed by atoms with van der Waals surface area (Å²) in [4.78, 5) is 26.3. The third-order valence-electron chi connectivity index (χ3n) is 3.37. The zero-order chi connectivity index (χ0) is 18.1. The molecule has 1 aliphatic rings. The molecule has 0 bridgehead atoms. The van der Waals surface area contributed by atoms with Crippen molar-refractivity contribution in [1.82, 2.24) is 4.98 Å². The van der Waals surface area contributed by atoms with Crippen LogP contribution in [0.25, 0.3) is 11.3 Å². The minimum absolute atomic E-state index is 0.00485. The molecule has 2 atom stereocenters. The molecule has 1 aromatic heterocycles. The van der Waals surface area contributed by atoms with Crippen LogP contribution < -0.4 is 10.5 Å². The fourth-order valence-electron chi connectivity index (χ4n) is 2.24. The highest BCUT2D eigenvalue weighted by atomic mass is 32.1. The van der Waals surface area contributed by atoms with Crippen LogP contribution in [0.5, 0.6) is 5.75 Å². The van der Waals surface area contributed by atoms with Crippen LogP contribution in [0, 0.1) is 17.7 Å². The number of primary amides is 1. The van der Waals surface area contributed by atoms with Gasteiger partial charge in [0, 0.05) is 11.6 Å². The standard InChI is InChI=1S/C16H11FN2O5S/c17-10-4-12-9(3-7(10)1-2-8(21)5-20)13-14(11(22)6-24-12)25-16(19-13)15(18)23/h3-5,8,11,21-22H,6H2,(H2,18,23). The Morgan fingerprint density at radius 2 is 2.32 bits per heavy atom. The number of benzene rings is 1. The number of halogens is 1. The number of thiazole rings is 1. The van der Waals surface area contributed by atoms with Crippen LogP contribution in [0.4, 0.5) is 4.39 Å². The van der Waals surface area contributed by atoms with Crippen molar-refractivity contribution in [1.29, 1.82) is 0 Å². The minimum atomic E-state index is -1.53. The lowest BCUT2D eigenvalue weighted by atomic mass is 10.0. The summed E-state index contributed by atoms with van der Waals surface area (Å²) in [6, 6.07) is 2.38. The number of rotatable bonds is 2. The highest BCUT2D eigenvalue weighted by Gasteiger charge is 2.28. The molecular formula is C16H11FN2O5S. The third kappa shape index (κ3) is 3.23. The summed E-state index contributed by atoms with van der Waals surface area (Å²) in [6.45, 7) is -0.144. The minimum Gasteiger partial charge on any atom is -0.490 e. The van der Waals surface area contributed by atoms with Gasteiger partial charge in [0.1, 0.15) is 24.3 Å². The number of carbonyl (C=O) groups excluding carboxylic acids is 2. The van der Waals surface area contributed by atoms with E-state index >= 15 is 0 Å². The molecule has 0 fully saturated rings. The molecule has 25 heavy (non-hydrogen) atoms. The van der Waals surface area contributed by atoms with Gasteiger partial charge in [-0.15, -0.1) is 11.3 Å². The number of aliphatic hydroxyl groups excluding tert-OH is 2. The fraction of sp³-hybridized carbons (Fsp3) is 0.188. The summed E-state index contributed by atoms with van der Waals surface area (Å²) in [5.74, 6) is 3.20. The molecule has 128 valence electrons. The van der Waals surface area contributed by atoms with Gasteiger partial charge in [0.25, 0.3) is 5.91 Å². The maximum atomic E-state index is 14.2. The van der Waals surface area contributed by atoms with Crippen LogP contribution in [-0.4, -0.2) is 40.1 Å². The van der Waals surface area contributed by atoms with Gasteiger partial charge in [-0.3, -0.25) is 9.59 Å². The average molecular weight is 362 g/mol. The molecule has 0 radical (unpaired) electrons. The molecule has 0 spiro atoms. The zero-order valence-corrected chi connectivity index (χ0v) is 13.3. The summed E-state index contributed by atoms with van der Waals surface area (Å²) >= 11 is 0.929. The van der Waals surface area contributed by atoms with Gasteiger partial charge >= 0.3 is 0 Å². The first-order valence-electron chi connectivity index (χ1n) is 7.01. The molecule has 4 N–H and O–H groups in total.